The number of esters is 1. The fourth-order valence-corrected chi connectivity index (χ4v) is 2.79. The normalized spacial score (nSPS) is 10.7. The number of fused-ring (bicyclic) bond motifs is 1. The van der Waals surface area contributed by atoms with Crippen molar-refractivity contribution in [2.24, 2.45) is 0 Å². The van der Waals surface area contributed by atoms with Crippen LogP contribution in [0.5, 0.6) is 0 Å². The van der Waals surface area contributed by atoms with Crippen molar-refractivity contribution in [1.29, 1.82) is 0 Å². The van der Waals surface area contributed by atoms with Crippen molar-refractivity contribution >= 4 is 27.5 Å². The van der Waals surface area contributed by atoms with Gasteiger partial charge in [-0.05, 0) is 37.8 Å². The highest BCUT2D eigenvalue weighted by Crippen LogP contribution is 2.23. The Morgan fingerprint density at radius 2 is 2.28 bits per heavy atom. The summed E-state index contributed by atoms with van der Waals surface area (Å²) >= 11 is 1.68. The summed E-state index contributed by atoms with van der Waals surface area (Å²) in [7, 11) is 0. The largest absolute Gasteiger partial charge is 0.466 e. The second-order valence-electron chi connectivity index (χ2n) is 4.13. The predicted molar refractivity (Wildman–Crippen MR) is 73.8 cm³/mol. The van der Waals surface area contributed by atoms with E-state index in [-0.39, 0.29) is 5.97 Å². The molecule has 0 aliphatic rings. The molecule has 0 saturated heterocycles. The molecule has 0 unspecified atom stereocenters. The monoisotopic (exact) mass is 263 g/mol. The Morgan fingerprint density at radius 3 is 3.11 bits per heavy atom. The zero-order valence-corrected chi connectivity index (χ0v) is 11.3. The third-order valence-electron chi connectivity index (χ3n) is 2.82. The van der Waals surface area contributed by atoms with E-state index in [1.165, 1.54) is 10.3 Å². The van der Waals surface area contributed by atoms with Gasteiger partial charge in [0.1, 0.15) is 0 Å². The summed E-state index contributed by atoms with van der Waals surface area (Å²) in [5.74, 6) is -0.0894. The molecular weight excluding hydrogens is 246 g/mol. The van der Waals surface area contributed by atoms with Gasteiger partial charge in [-0.3, -0.25) is 4.79 Å². The molecule has 0 saturated carbocycles. The van der Waals surface area contributed by atoms with Gasteiger partial charge in [-0.2, -0.15) is 0 Å². The summed E-state index contributed by atoms with van der Waals surface area (Å²) in [6.07, 6.45) is 3.41. The smallest absolute Gasteiger partial charge is 0.305 e. The zero-order chi connectivity index (χ0) is 12.8. The van der Waals surface area contributed by atoms with Gasteiger partial charge < -0.3 is 4.74 Å². The Balaban J connectivity index is 1.83. The van der Waals surface area contributed by atoms with Crippen LogP contribution in [-0.4, -0.2) is 17.6 Å². The molecule has 0 atom stereocenters. The molecule has 2 rings (SSSR count). The van der Waals surface area contributed by atoms with Crippen LogP contribution in [0.15, 0.2) is 23.7 Å². The minimum atomic E-state index is -0.0894. The van der Waals surface area contributed by atoms with Crippen LogP contribution in [0.3, 0.4) is 0 Å². The average Bonchev–Trinajstić information content (AvgIpc) is 2.84. The molecule has 0 amide bonds. The molecule has 1 aromatic carbocycles. The Labute approximate surface area is 111 Å². The Bertz CT molecular complexity index is 521. The number of rotatable bonds is 6. The first-order valence-corrected chi connectivity index (χ1v) is 7.16. The lowest BCUT2D eigenvalue weighted by molar-refractivity contribution is -0.143. The highest BCUT2D eigenvalue weighted by molar-refractivity contribution is 7.16. The van der Waals surface area contributed by atoms with E-state index in [0.717, 1.165) is 24.8 Å². The van der Waals surface area contributed by atoms with Gasteiger partial charge in [-0.1, -0.05) is 12.1 Å². The highest BCUT2D eigenvalue weighted by atomic mass is 32.1. The Morgan fingerprint density at radius 1 is 1.39 bits per heavy atom. The predicted octanol–water partition coefficient (Wildman–Crippen LogP) is 3.57. The van der Waals surface area contributed by atoms with Crippen LogP contribution in [0, 0.1) is 0 Å². The third-order valence-corrected chi connectivity index (χ3v) is 3.74. The molecule has 0 spiro atoms. The van der Waals surface area contributed by atoms with Crippen LogP contribution in [0.1, 0.15) is 31.7 Å². The number of carbonyl (C=O) groups excluding carboxylic acids is 1. The third kappa shape index (κ3) is 3.29. The fourth-order valence-electron chi connectivity index (χ4n) is 1.96. The van der Waals surface area contributed by atoms with Crippen molar-refractivity contribution in [2.45, 2.75) is 32.6 Å². The lowest BCUT2D eigenvalue weighted by Crippen LogP contribution is -2.03. The van der Waals surface area contributed by atoms with E-state index in [0.29, 0.717) is 13.0 Å². The summed E-state index contributed by atoms with van der Waals surface area (Å²) in [4.78, 5) is 15.5. The second kappa shape index (κ2) is 6.50. The van der Waals surface area contributed by atoms with Crippen molar-refractivity contribution in [1.82, 2.24) is 4.98 Å². The number of aryl methyl sites for hydroxylation is 1. The number of hydrogen-bond acceptors (Lipinski definition) is 4. The van der Waals surface area contributed by atoms with Gasteiger partial charge in [-0.15, -0.1) is 11.3 Å². The minimum Gasteiger partial charge on any atom is -0.466 e. The standard InChI is InChI=1S/C14H17NO2S/c1-2-17-13(16)9-4-3-6-11-7-5-8-12-14(11)18-10-15-12/h5,7-8,10H,2-4,6,9H2,1H3. The number of nitrogens with zero attached hydrogens (tertiary/aromatic N) is 1. The topological polar surface area (TPSA) is 39.2 Å². The van der Waals surface area contributed by atoms with Gasteiger partial charge in [0.15, 0.2) is 0 Å². The first-order chi connectivity index (χ1) is 8.81. The van der Waals surface area contributed by atoms with E-state index in [9.17, 15) is 4.79 Å². The molecule has 0 N–H and O–H groups in total. The number of aromatic nitrogens is 1. The summed E-state index contributed by atoms with van der Waals surface area (Å²) in [6.45, 7) is 2.31. The summed E-state index contributed by atoms with van der Waals surface area (Å²) in [6, 6.07) is 6.22. The first kappa shape index (κ1) is 13.0. The average molecular weight is 263 g/mol. The molecule has 3 nitrogen and oxygen atoms in total. The molecule has 0 bridgehead atoms. The molecule has 0 aliphatic heterocycles. The van der Waals surface area contributed by atoms with Crippen LogP contribution >= 0.6 is 11.3 Å². The highest BCUT2D eigenvalue weighted by Gasteiger charge is 2.05. The van der Waals surface area contributed by atoms with Crippen molar-refractivity contribution in [2.75, 3.05) is 6.61 Å². The van der Waals surface area contributed by atoms with Gasteiger partial charge in [-0.25, -0.2) is 4.98 Å². The fraction of sp³-hybridized carbons (Fsp3) is 0.429. The number of carbonyl (C=O) groups is 1. The van der Waals surface area contributed by atoms with Crippen molar-refractivity contribution in [3.8, 4) is 0 Å². The summed E-state index contributed by atoms with van der Waals surface area (Å²) in [5, 5.41) is 0. The van der Waals surface area contributed by atoms with E-state index in [1.54, 1.807) is 11.3 Å². The van der Waals surface area contributed by atoms with Crippen LogP contribution in [0.2, 0.25) is 0 Å². The van der Waals surface area contributed by atoms with Crippen molar-refractivity contribution < 1.29 is 9.53 Å². The first-order valence-electron chi connectivity index (χ1n) is 6.28. The molecular formula is C14H17NO2S. The summed E-state index contributed by atoms with van der Waals surface area (Å²) < 4.78 is 6.18. The number of benzene rings is 1. The van der Waals surface area contributed by atoms with E-state index in [2.05, 4.69) is 11.1 Å². The molecule has 0 aliphatic carbocycles. The molecule has 18 heavy (non-hydrogen) atoms. The van der Waals surface area contributed by atoms with Gasteiger partial charge >= 0.3 is 5.97 Å². The number of hydrogen-bond donors (Lipinski definition) is 0. The van der Waals surface area contributed by atoms with Gasteiger partial charge in [0.2, 0.25) is 0 Å². The number of thiazole rings is 1. The lowest BCUT2D eigenvalue weighted by Gasteiger charge is -2.03. The Hall–Kier alpha value is -1.42. The zero-order valence-electron chi connectivity index (χ0n) is 10.5. The molecule has 4 heteroatoms. The summed E-state index contributed by atoms with van der Waals surface area (Å²) in [5.41, 5.74) is 4.29. The van der Waals surface area contributed by atoms with Crippen molar-refractivity contribution in [3.05, 3.63) is 29.3 Å². The van der Waals surface area contributed by atoms with Crippen molar-refractivity contribution in [3.63, 3.8) is 0 Å². The van der Waals surface area contributed by atoms with E-state index >= 15 is 0 Å². The van der Waals surface area contributed by atoms with E-state index in [1.807, 2.05) is 24.6 Å². The molecule has 0 radical (unpaired) electrons. The van der Waals surface area contributed by atoms with Crippen LogP contribution in [0.4, 0.5) is 0 Å². The molecule has 96 valence electrons. The molecule has 1 heterocycles. The van der Waals surface area contributed by atoms with E-state index in [4.69, 9.17) is 4.74 Å². The maximum Gasteiger partial charge on any atom is 0.305 e. The van der Waals surface area contributed by atoms with Crippen LogP contribution in [0.25, 0.3) is 10.2 Å². The molecule has 0 fully saturated rings. The molecule has 1 aromatic heterocycles. The van der Waals surface area contributed by atoms with Gasteiger partial charge in [0.05, 0.1) is 22.3 Å². The lowest BCUT2D eigenvalue weighted by atomic mass is 10.1. The van der Waals surface area contributed by atoms with Gasteiger partial charge in [0.25, 0.3) is 0 Å². The quantitative estimate of drug-likeness (QED) is 0.591. The maximum absolute atomic E-state index is 11.2. The SMILES string of the molecule is CCOC(=O)CCCCc1cccc2ncsc12. The minimum absolute atomic E-state index is 0.0894. The molecule has 2 aromatic rings. The van der Waals surface area contributed by atoms with Crippen LogP contribution in [-0.2, 0) is 16.0 Å². The second-order valence-corrected chi connectivity index (χ2v) is 4.98. The van der Waals surface area contributed by atoms with E-state index < -0.39 is 0 Å². The number of unbranched alkanes of at least 4 members (excludes halogenated alkanes) is 1. The van der Waals surface area contributed by atoms with Crippen LogP contribution < -0.4 is 0 Å². The maximum atomic E-state index is 11.2. The van der Waals surface area contributed by atoms with Gasteiger partial charge in [0, 0.05) is 6.42 Å². The Kier molecular flexibility index (Phi) is 4.70. The number of ether oxygens (including phenoxy) is 1.